The number of aromatic nitrogens is 1. The molecule has 2 heterocycles. The summed E-state index contributed by atoms with van der Waals surface area (Å²) in [5.74, 6) is 0. The molecular weight excluding hydrogens is 247 g/mol. The standard InChI is InChI=1S/C11H15BN4O3/c1-8-7-17-12(18-8)19-11(13)16-15-9(2)10-5-3-4-6-14-10/h3-6,8H,7H2,1-2H3,(H2,13,16)/b15-9-. The average Bonchev–Trinajstić information content (AvgIpc) is 2.82. The molecule has 1 aliphatic rings. The summed E-state index contributed by atoms with van der Waals surface area (Å²) in [6.07, 6.45) is 1.66. The summed E-state index contributed by atoms with van der Waals surface area (Å²) in [7, 11) is -0.816. The lowest BCUT2D eigenvalue weighted by atomic mass is 10.2. The van der Waals surface area contributed by atoms with Crippen LogP contribution in [0.4, 0.5) is 0 Å². The van der Waals surface area contributed by atoms with Crippen LogP contribution in [0.15, 0.2) is 34.6 Å². The van der Waals surface area contributed by atoms with Crippen LogP contribution in [0.25, 0.3) is 0 Å². The van der Waals surface area contributed by atoms with Gasteiger partial charge in [-0.1, -0.05) is 11.2 Å². The number of hydrogen-bond acceptors (Lipinski definition) is 6. The van der Waals surface area contributed by atoms with Gasteiger partial charge in [0.05, 0.1) is 24.1 Å². The van der Waals surface area contributed by atoms with Crippen molar-refractivity contribution < 1.29 is 14.0 Å². The lowest BCUT2D eigenvalue weighted by Crippen LogP contribution is -2.29. The molecule has 1 saturated heterocycles. The van der Waals surface area contributed by atoms with Gasteiger partial charge in [0.15, 0.2) is 0 Å². The minimum absolute atomic E-state index is 0.0171. The highest BCUT2D eigenvalue weighted by Crippen LogP contribution is 2.08. The van der Waals surface area contributed by atoms with Gasteiger partial charge in [-0.25, -0.2) is 0 Å². The number of rotatable bonds is 3. The van der Waals surface area contributed by atoms with E-state index < -0.39 is 7.32 Å². The molecule has 7 nitrogen and oxygen atoms in total. The van der Waals surface area contributed by atoms with Crippen molar-refractivity contribution in [3.8, 4) is 0 Å². The molecular formula is C11H15BN4O3. The number of pyridine rings is 1. The van der Waals surface area contributed by atoms with Crippen molar-refractivity contribution in [2.45, 2.75) is 20.0 Å². The molecule has 0 aromatic carbocycles. The predicted molar refractivity (Wildman–Crippen MR) is 71.4 cm³/mol. The Hall–Kier alpha value is -1.93. The SMILES string of the molecule is C/C(=N/N=C(/N)OB1OCC(C)O1)c1ccccn1. The Labute approximate surface area is 111 Å². The van der Waals surface area contributed by atoms with Crippen LogP contribution in [0.1, 0.15) is 19.5 Å². The Morgan fingerprint density at radius 2 is 2.37 bits per heavy atom. The van der Waals surface area contributed by atoms with Gasteiger partial charge in [-0.15, -0.1) is 5.10 Å². The van der Waals surface area contributed by atoms with Gasteiger partial charge in [0, 0.05) is 6.20 Å². The largest absolute Gasteiger partial charge is 0.715 e. The zero-order valence-corrected chi connectivity index (χ0v) is 10.8. The maximum atomic E-state index is 5.57. The molecule has 1 aromatic rings. The minimum Gasteiger partial charge on any atom is -0.483 e. The second-order valence-electron chi connectivity index (χ2n) is 4.03. The van der Waals surface area contributed by atoms with E-state index in [0.29, 0.717) is 12.3 Å². The number of nitrogens with zero attached hydrogens (tertiary/aromatic N) is 3. The second-order valence-corrected chi connectivity index (χ2v) is 4.03. The third-order valence-corrected chi connectivity index (χ3v) is 2.36. The summed E-state index contributed by atoms with van der Waals surface area (Å²) in [6.45, 7) is 4.12. The van der Waals surface area contributed by atoms with Crippen LogP contribution in [0.3, 0.4) is 0 Å². The van der Waals surface area contributed by atoms with Crippen molar-refractivity contribution in [3.05, 3.63) is 30.1 Å². The summed E-state index contributed by atoms with van der Waals surface area (Å²) in [4.78, 5) is 4.14. The molecule has 1 aliphatic heterocycles. The topological polar surface area (TPSA) is 91.3 Å². The first-order chi connectivity index (χ1) is 9.15. The lowest BCUT2D eigenvalue weighted by Gasteiger charge is -2.05. The Balaban J connectivity index is 1.93. The molecule has 2 rings (SSSR count). The summed E-state index contributed by atoms with van der Waals surface area (Å²) in [5, 5.41) is 7.69. The van der Waals surface area contributed by atoms with Crippen molar-refractivity contribution >= 4 is 19.1 Å². The fraction of sp³-hybridized carbons (Fsp3) is 0.364. The van der Waals surface area contributed by atoms with Gasteiger partial charge in [-0.05, 0) is 26.0 Å². The van der Waals surface area contributed by atoms with Gasteiger partial charge in [0.2, 0.25) is 0 Å². The van der Waals surface area contributed by atoms with Gasteiger partial charge in [-0.3, -0.25) is 4.98 Å². The van der Waals surface area contributed by atoms with E-state index in [0.717, 1.165) is 5.69 Å². The van der Waals surface area contributed by atoms with Gasteiger partial charge < -0.3 is 19.7 Å². The van der Waals surface area contributed by atoms with Crippen LogP contribution in [0.5, 0.6) is 0 Å². The van der Waals surface area contributed by atoms with Crippen molar-refractivity contribution in [3.63, 3.8) is 0 Å². The average molecular weight is 262 g/mol. The minimum atomic E-state index is -0.816. The second kappa shape index (κ2) is 6.30. The first-order valence-corrected chi connectivity index (χ1v) is 5.88. The van der Waals surface area contributed by atoms with Gasteiger partial charge >= 0.3 is 7.32 Å². The molecule has 0 radical (unpaired) electrons. The fourth-order valence-electron chi connectivity index (χ4n) is 1.42. The Morgan fingerprint density at radius 1 is 1.53 bits per heavy atom. The monoisotopic (exact) mass is 262 g/mol. The first-order valence-electron chi connectivity index (χ1n) is 5.88. The van der Waals surface area contributed by atoms with Crippen molar-refractivity contribution in [2.75, 3.05) is 6.61 Å². The molecule has 0 aliphatic carbocycles. The zero-order valence-electron chi connectivity index (χ0n) is 10.8. The molecule has 100 valence electrons. The van der Waals surface area contributed by atoms with E-state index >= 15 is 0 Å². The van der Waals surface area contributed by atoms with Crippen LogP contribution >= 0.6 is 0 Å². The maximum absolute atomic E-state index is 5.57. The first kappa shape index (κ1) is 13.5. The Bertz CT molecular complexity index is 480. The van der Waals surface area contributed by atoms with Crippen molar-refractivity contribution in [1.29, 1.82) is 0 Å². The fourth-order valence-corrected chi connectivity index (χ4v) is 1.42. The molecule has 1 unspecified atom stereocenters. The molecule has 2 N–H and O–H groups in total. The Kier molecular flexibility index (Phi) is 4.48. The van der Waals surface area contributed by atoms with Gasteiger partial charge in [-0.2, -0.15) is 0 Å². The molecule has 19 heavy (non-hydrogen) atoms. The van der Waals surface area contributed by atoms with Crippen LogP contribution in [0.2, 0.25) is 0 Å². The maximum Gasteiger partial charge on any atom is 0.715 e. The molecule has 0 amide bonds. The van der Waals surface area contributed by atoms with E-state index in [1.54, 1.807) is 13.1 Å². The molecule has 1 fully saturated rings. The predicted octanol–water partition coefficient (Wildman–Crippen LogP) is 0.557. The molecule has 0 bridgehead atoms. The van der Waals surface area contributed by atoms with E-state index in [9.17, 15) is 0 Å². The lowest BCUT2D eigenvalue weighted by molar-refractivity contribution is 0.227. The quantitative estimate of drug-likeness (QED) is 0.372. The highest BCUT2D eigenvalue weighted by atomic mass is 16.8. The van der Waals surface area contributed by atoms with Gasteiger partial charge in [0.25, 0.3) is 6.02 Å². The van der Waals surface area contributed by atoms with E-state index in [1.165, 1.54) is 0 Å². The Morgan fingerprint density at radius 3 is 3.00 bits per heavy atom. The highest BCUT2D eigenvalue weighted by molar-refractivity contribution is 6.39. The van der Waals surface area contributed by atoms with Crippen LogP contribution < -0.4 is 5.73 Å². The summed E-state index contributed by atoms with van der Waals surface area (Å²) in [6, 6.07) is 5.41. The van der Waals surface area contributed by atoms with E-state index in [-0.39, 0.29) is 12.1 Å². The van der Waals surface area contributed by atoms with Crippen LogP contribution in [-0.4, -0.2) is 36.7 Å². The number of amidine groups is 1. The van der Waals surface area contributed by atoms with Crippen LogP contribution in [-0.2, 0) is 14.0 Å². The zero-order chi connectivity index (χ0) is 13.7. The molecule has 1 atom stereocenters. The van der Waals surface area contributed by atoms with Gasteiger partial charge in [0.1, 0.15) is 0 Å². The number of hydrogen-bond donors (Lipinski definition) is 1. The number of nitrogens with two attached hydrogens (primary N) is 1. The third kappa shape index (κ3) is 4.04. The van der Waals surface area contributed by atoms with E-state index in [4.69, 9.17) is 19.7 Å². The normalized spacial score (nSPS) is 20.7. The molecule has 0 saturated carbocycles. The summed E-state index contributed by atoms with van der Waals surface area (Å²) < 4.78 is 15.5. The highest BCUT2D eigenvalue weighted by Gasteiger charge is 2.34. The summed E-state index contributed by atoms with van der Waals surface area (Å²) >= 11 is 0. The van der Waals surface area contributed by atoms with E-state index in [1.807, 2.05) is 25.1 Å². The molecule has 8 heteroatoms. The smallest absolute Gasteiger partial charge is 0.483 e. The van der Waals surface area contributed by atoms with E-state index in [2.05, 4.69) is 15.2 Å². The van der Waals surface area contributed by atoms with Crippen molar-refractivity contribution in [1.82, 2.24) is 4.98 Å². The van der Waals surface area contributed by atoms with Crippen LogP contribution in [0, 0.1) is 0 Å². The third-order valence-electron chi connectivity index (χ3n) is 2.36. The molecule has 0 spiro atoms. The summed E-state index contributed by atoms with van der Waals surface area (Å²) in [5.41, 5.74) is 6.92. The molecule has 1 aromatic heterocycles. The van der Waals surface area contributed by atoms with Crippen molar-refractivity contribution in [2.24, 2.45) is 15.9 Å².